The van der Waals surface area contributed by atoms with Crippen molar-refractivity contribution in [1.29, 1.82) is 0 Å². The van der Waals surface area contributed by atoms with Gasteiger partial charge in [0, 0.05) is 0 Å². The molecule has 0 radical (unpaired) electrons. The first-order chi connectivity index (χ1) is 7.22. The molecule has 80 valence electrons. The molecule has 3 nitrogen and oxygen atoms in total. The number of nitrogens with two attached hydrogens (primary N) is 1. The van der Waals surface area contributed by atoms with Crippen molar-refractivity contribution in [3.63, 3.8) is 0 Å². The van der Waals surface area contributed by atoms with Crippen LogP contribution in [0.4, 0.5) is 0 Å². The Morgan fingerprint density at radius 3 is 3.00 bits per heavy atom. The van der Waals surface area contributed by atoms with Crippen molar-refractivity contribution >= 4 is 5.97 Å². The van der Waals surface area contributed by atoms with Gasteiger partial charge in [-0.1, -0.05) is 6.07 Å². The predicted octanol–water partition coefficient (Wildman–Crippen LogP) is 1.76. The first-order valence-electron chi connectivity index (χ1n) is 5.28. The molecule has 0 bridgehead atoms. The molecule has 3 N–H and O–H groups in total. The van der Waals surface area contributed by atoms with Crippen LogP contribution in [0.15, 0.2) is 18.2 Å². The number of carboxylic acids is 1. The van der Waals surface area contributed by atoms with E-state index in [4.69, 9.17) is 10.8 Å². The minimum atomic E-state index is -0.854. The van der Waals surface area contributed by atoms with E-state index in [1.807, 2.05) is 6.07 Å². The summed E-state index contributed by atoms with van der Waals surface area (Å²) in [5.74, 6) is -0.440. The fourth-order valence-corrected chi connectivity index (χ4v) is 2.29. The predicted molar refractivity (Wildman–Crippen MR) is 58.1 cm³/mol. The molecule has 1 aliphatic carbocycles. The van der Waals surface area contributed by atoms with Crippen LogP contribution in [0.1, 0.15) is 40.2 Å². The van der Waals surface area contributed by atoms with E-state index in [0.29, 0.717) is 18.0 Å². The number of fused-ring (bicyclic) bond motifs is 1. The molecule has 0 heterocycles. The number of rotatable bonds is 2. The van der Waals surface area contributed by atoms with Gasteiger partial charge in [0.2, 0.25) is 0 Å². The van der Waals surface area contributed by atoms with Gasteiger partial charge in [0.05, 0.1) is 5.56 Å². The van der Waals surface area contributed by atoms with E-state index in [0.717, 1.165) is 24.8 Å². The molecule has 2 rings (SSSR count). The zero-order valence-corrected chi connectivity index (χ0v) is 8.57. The Kier molecular flexibility index (Phi) is 2.73. The van der Waals surface area contributed by atoms with Crippen molar-refractivity contribution in [3.8, 4) is 0 Å². The highest BCUT2D eigenvalue weighted by Gasteiger charge is 2.19. The van der Waals surface area contributed by atoms with Crippen molar-refractivity contribution in [2.75, 3.05) is 6.54 Å². The summed E-state index contributed by atoms with van der Waals surface area (Å²) in [6.07, 6.45) is 3.21. The molecule has 3 heteroatoms. The number of hydrogen-bond donors (Lipinski definition) is 2. The monoisotopic (exact) mass is 205 g/mol. The Balaban J connectivity index is 2.40. The lowest BCUT2D eigenvalue weighted by Gasteiger charge is -2.24. The molecule has 1 unspecified atom stereocenters. The number of carboxylic acid groups (broad SMARTS) is 1. The Bertz CT molecular complexity index is 387. The SMILES string of the molecule is NCC1CCCc2cc(C(=O)O)ccc21. The Morgan fingerprint density at radius 2 is 2.33 bits per heavy atom. The van der Waals surface area contributed by atoms with E-state index in [-0.39, 0.29) is 0 Å². The quantitative estimate of drug-likeness (QED) is 0.773. The normalized spacial score (nSPS) is 19.7. The molecule has 1 aliphatic rings. The topological polar surface area (TPSA) is 63.3 Å². The van der Waals surface area contributed by atoms with E-state index in [1.54, 1.807) is 12.1 Å². The Labute approximate surface area is 88.9 Å². The van der Waals surface area contributed by atoms with Gasteiger partial charge in [-0.05, 0) is 55.0 Å². The highest BCUT2D eigenvalue weighted by molar-refractivity contribution is 5.88. The lowest BCUT2D eigenvalue weighted by atomic mass is 9.82. The Hall–Kier alpha value is -1.35. The van der Waals surface area contributed by atoms with Gasteiger partial charge in [0.1, 0.15) is 0 Å². The summed E-state index contributed by atoms with van der Waals surface area (Å²) in [6.45, 7) is 0.652. The van der Waals surface area contributed by atoms with Crippen LogP contribution < -0.4 is 5.73 Å². The molecule has 0 amide bonds. The molecule has 1 aromatic rings. The lowest BCUT2D eigenvalue weighted by Crippen LogP contribution is -2.18. The van der Waals surface area contributed by atoms with Gasteiger partial charge in [-0.3, -0.25) is 0 Å². The van der Waals surface area contributed by atoms with Crippen molar-refractivity contribution < 1.29 is 9.90 Å². The second kappa shape index (κ2) is 4.03. The standard InChI is InChI=1S/C12H15NO2/c13-7-10-3-1-2-8-6-9(12(14)15)4-5-11(8)10/h4-6,10H,1-3,7,13H2,(H,14,15). The lowest BCUT2D eigenvalue weighted by molar-refractivity contribution is 0.0696. The summed E-state index contributed by atoms with van der Waals surface area (Å²) in [7, 11) is 0. The first kappa shape index (κ1) is 10.2. The fraction of sp³-hybridized carbons (Fsp3) is 0.417. The van der Waals surface area contributed by atoms with Crippen molar-refractivity contribution in [1.82, 2.24) is 0 Å². The van der Waals surface area contributed by atoms with Crippen molar-refractivity contribution in [3.05, 3.63) is 34.9 Å². The molecule has 0 fully saturated rings. The third kappa shape index (κ3) is 1.88. The van der Waals surface area contributed by atoms with Crippen LogP contribution in [0.5, 0.6) is 0 Å². The molecule has 0 aliphatic heterocycles. The van der Waals surface area contributed by atoms with Crippen LogP contribution >= 0.6 is 0 Å². The Morgan fingerprint density at radius 1 is 1.53 bits per heavy atom. The van der Waals surface area contributed by atoms with E-state index in [9.17, 15) is 4.79 Å². The van der Waals surface area contributed by atoms with Crippen LogP contribution in [-0.4, -0.2) is 17.6 Å². The molecule has 15 heavy (non-hydrogen) atoms. The number of hydrogen-bond acceptors (Lipinski definition) is 2. The third-order valence-corrected chi connectivity index (χ3v) is 3.11. The maximum Gasteiger partial charge on any atom is 0.335 e. The van der Waals surface area contributed by atoms with E-state index >= 15 is 0 Å². The minimum absolute atomic E-state index is 0.381. The zero-order valence-electron chi connectivity index (χ0n) is 8.57. The van der Waals surface area contributed by atoms with E-state index in [2.05, 4.69) is 0 Å². The van der Waals surface area contributed by atoms with Gasteiger partial charge in [0.25, 0.3) is 0 Å². The van der Waals surface area contributed by atoms with Crippen molar-refractivity contribution in [2.45, 2.75) is 25.2 Å². The van der Waals surface area contributed by atoms with Crippen LogP contribution in [0.3, 0.4) is 0 Å². The number of aryl methyl sites for hydroxylation is 1. The molecular weight excluding hydrogens is 190 g/mol. The smallest absolute Gasteiger partial charge is 0.335 e. The second-order valence-electron chi connectivity index (χ2n) is 4.04. The maximum absolute atomic E-state index is 10.8. The number of carbonyl (C=O) groups is 1. The summed E-state index contributed by atoms with van der Waals surface area (Å²) in [5.41, 5.74) is 8.49. The van der Waals surface area contributed by atoms with Crippen molar-refractivity contribution in [2.24, 2.45) is 5.73 Å². The van der Waals surface area contributed by atoms with Gasteiger partial charge in [-0.2, -0.15) is 0 Å². The minimum Gasteiger partial charge on any atom is -0.478 e. The average molecular weight is 205 g/mol. The van der Waals surface area contributed by atoms with Crippen LogP contribution in [-0.2, 0) is 6.42 Å². The van der Waals surface area contributed by atoms with E-state index in [1.165, 1.54) is 5.56 Å². The molecule has 0 saturated heterocycles. The summed E-state index contributed by atoms with van der Waals surface area (Å²) in [6, 6.07) is 5.39. The summed E-state index contributed by atoms with van der Waals surface area (Å²) in [5, 5.41) is 8.88. The number of benzene rings is 1. The second-order valence-corrected chi connectivity index (χ2v) is 4.04. The molecule has 1 atom stereocenters. The average Bonchev–Trinajstić information content (AvgIpc) is 2.27. The van der Waals surface area contributed by atoms with Gasteiger partial charge < -0.3 is 10.8 Å². The van der Waals surface area contributed by atoms with Crippen LogP contribution in [0.2, 0.25) is 0 Å². The van der Waals surface area contributed by atoms with Crippen LogP contribution in [0, 0.1) is 0 Å². The zero-order chi connectivity index (χ0) is 10.8. The fourth-order valence-electron chi connectivity index (χ4n) is 2.29. The molecule has 0 saturated carbocycles. The summed E-state index contributed by atoms with van der Waals surface area (Å²) < 4.78 is 0. The summed E-state index contributed by atoms with van der Waals surface area (Å²) in [4.78, 5) is 10.8. The first-order valence-corrected chi connectivity index (χ1v) is 5.28. The van der Waals surface area contributed by atoms with Gasteiger partial charge in [-0.25, -0.2) is 4.79 Å². The summed E-state index contributed by atoms with van der Waals surface area (Å²) >= 11 is 0. The molecule has 0 spiro atoms. The number of aromatic carboxylic acids is 1. The van der Waals surface area contributed by atoms with Crippen LogP contribution in [0.25, 0.3) is 0 Å². The molecule has 0 aromatic heterocycles. The largest absolute Gasteiger partial charge is 0.478 e. The third-order valence-electron chi connectivity index (χ3n) is 3.11. The van der Waals surface area contributed by atoms with E-state index < -0.39 is 5.97 Å². The molecule has 1 aromatic carbocycles. The highest BCUT2D eigenvalue weighted by atomic mass is 16.4. The molecular formula is C12H15NO2. The highest BCUT2D eigenvalue weighted by Crippen LogP contribution is 2.31. The van der Waals surface area contributed by atoms with Gasteiger partial charge >= 0.3 is 5.97 Å². The van der Waals surface area contributed by atoms with Gasteiger partial charge in [0.15, 0.2) is 0 Å². The van der Waals surface area contributed by atoms with Gasteiger partial charge in [-0.15, -0.1) is 0 Å². The maximum atomic E-state index is 10.8.